The van der Waals surface area contributed by atoms with Crippen LogP contribution in [0.3, 0.4) is 0 Å². The van der Waals surface area contributed by atoms with Crippen LogP contribution in [0.1, 0.15) is 27.2 Å². The van der Waals surface area contributed by atoms with Crippen LogP contribution in [0.15, 0.2) is 0 Å². The van der Waals surface area contributed by atoms with Crippen LogP contribution in [0, 0.1) is 0 Å². The van der Waals surface area contributed by atoms with Gasteiger partial charge >= 0.3 is 6.09 Å². The van der Waals surface area contributed by atoms with Crippen molar-refractivity contribution in [3.8, 4) is 0 Å². The minimum Gasteiger partial charge on any atom is -0.444 e. The van der Waals surface area contributed by atoms with Crippen LogP contribution in [0.2, 0.25) is 0 Å². The molecule has 0 aliphatic carbocycles. The Morgan fingerprint density at radius 2 is 2.00 bits per heavy atom. The molecular weight excluding hydrogens is 270 g/mol. The SMILES string of the molecule is CC(C)(C)OC(=O)N1CCC(N2CCNS2(=O)=O)C1. The predicted molar refractivity (Wildman–Crippen MR) is 69.8 cm³/mol. The minimum absolute atomic E-state index is 0.146. The largest absolute Gasteiger partial charge is 0.444 e. The highest BCUT2D eigenvalue weighted by atomic mass is 32.2. The van der Waals surface area contributed by atoms with Gasteiger partial charge in [-0.05, 0) is 27.2 Å². The molecule has 2 aliphatic rings. The van der Waals surface area contributed by atoms with Gasteiger partial charge < -0.3 is 9.64 Å². The molecule has 2 aliphatic heterocycles. The first-order valence-corrected chi connectivity index (χ1v) is 7.87. The highest BCUT2D eigenvalue weighted by Gasteiger charge is 2.39. The van der Waals surface area contributed by atoms with E-state index in [1.165, 1.54) is 4.31 Å². The molecule has 19 heavy (non-hydrogen) atoms. The molecular formula is C11H21N3O4S. The predicted octanol–water partition coefficient (Wildman–Crippen LogP) is 0.146. The number of nitrogens with zero attached hydrogens (tertiary/aromatic N) is 2. The normalized spacial score (nSPS) is 27.7. The van der Waals surface area contributed by atoms with E-state index in [9.17, 15) is 13.2 Å². The van der Waals surface area contributed by atoms with Crippen LogP contribution in [-0.2, 0) is 14.9 Å². The Morgan fingerprint density at radius 1 is 1.32 bits per heavy atom. The summed E-state index contributed by atoms with van der Waals surface area (Å²) in [5.41, 5.74) is -0.531. The van der Waals surface area contributed by atoms with Crippen molar-refractivity contribution in [2.75, 3.05) is 26.2 Å². The van der Waals surface area contributed by atoms with Gasteiger partial charge in [0.1, 0.15) is 5.60 Å². The van der Waals surface area contributed by atoms with Gasteiger partial charge in [0, 0.05) is 32.2 Å². The molecule has 2 rings (SSSR count). The van der Waals surface area contributed by atoms with Crippen molar-refractivity contribution in [2.45, 2.75) is 38.8 Å². The Kier molecular flexibility index (Phi) is 3.76. The molecule has 0 spiro atoms. The molecule has 0 saturated carbocycles. The number of rotatable bonds is 1. The van der Waals surface area contributed by atoms with Crippen LogP contribution in [0.4, 0.5) is 4.79 Å². The van der Waals surface area contributed by atoms with Gasteiger partial charge in [-0.15, -0.1) is 0 Å². The third kappa shape index (κ3) is 3.37. The van der Waals surface area contributed by atoms with E-state index in [1.54, 1.807) is 4.90 Å². The molecule has 2 saturated heterocycles. The Labute approximate surface area is 114 Å². The number of nitrogens with one attached hydrogen (secondary N) is 1. The van der Waals surface area contributed by atoms with Crippen LogP contribution in [0.25, 0.3) is 0 Å². The monoisotopic (exact) mass is 291 g/mol. The molecule has 2 heterocycles. The van der Waals surface area contributed by atoms with Gasteiger partial charge in [0.15, 0.2) is 0 Å². The number of carbonyl (C=O) groups is 1. The van der Waals surface area contributed by atoms with E-state index in [0.29, 0.717) is 32.6 Å². The topological polar surface area (TPSA) is 79.0 Å². The number of amides is 1. The standard InChI is InChI=1S/C11H21N3O4S/c1-11(2,3)18-10(15)13-6-4-9(8-13)14-7-5-12-19(14,16)17/h9,12H,4-8H2,1-3H3. The first-order chi connectivity index (χ1) is 8.69. The Bertz CT molecular complexity index is 457. The Morgan fingerprint density at radius 3 is 2.53 bits per heavy atom. The zero-order valence-electron chi connectivity index (χ0n) is 11.5. The Balaban J connectivity index is 1.95. The summed E-state index contributed by atoms with van der Waals surface area (Å²) in [5.74, 6) is 0. The third-order valence-electron chi connectivity index (χ3n) is 3.15. The molecule has 110 valence electrons. The summed E-state index contributed by atoms with van der Waals surface area (Å²) in [6.45, 7) is 7.27. The quantitative estimate of drug-likeness (QED) is 0.745. The Hall–Kier alpha value is -0.860. The molecule has 1 N–H and O–H groups in total. The summed E-state index contributed by atoms with van der Waals surface area (Å²) >= 11 is 0. The van der Waals surface area contributed by atoms with Gasteiger partial charge in [0.25, 0.3) is 10.2 Å². The van der Waals surface area contributed by atoms with Crippen molar-refractivity contribution in [3.63, 3.8) is 0 Å². The van der Waals surface area contributed by atoms with Gasteiger partial charge in [-0.1, -0.05) is 0 Å². The van der Waals surface area contributed by atoms with Gasteiger partial charge in [0.2, 0.25) is 0 Å². The molecule has 0 aromatic carbocycles. The summed E-state index contributed by atoms with van der Waals surface area (Å²) in [7, 11) is -3.35. The van der Waals surface area contributed by atoms with E-state index in [0.717, 1.165) is 0 Å². The van der Waals surface area contributed by atoms with Crippen LogP contribution in [-0.4, -0.2) is 61.5 Å². The maximum Gasteiger partial charge on any atom is 0.410 e. The highest BCUT2D eigenvalue weighted by molar-refractivity contribution is 7.87. The minimum atomic E-state index is -3.35. The smallest absolute Gasteiger partial charge is 0.410 e. The average Bonchev–Trinajstić information content (AvgIpc) is 2.80. The van der Waals surface area contributed by atoms with Crippen LogP contribution < -0.4 is 4.72 Å². The maximum atomic E-state index is 11.9. The lowest BCUT2D eigenvalue weighted by Gasteiger charge is -2.25. The van der Waals surface area contributed by atoms with Crippen molar-refractivity contribution < 1.29 is 17.9 Å². The molecule has 2 fully saturated rings. The van der Waals surface area contributed by atoms with E-state index >= 15 is 0 Å². The van der Waals surface area contributed by atoms with Crippen molar-refractivity contribution in [1.82, 2.24) is 13.9 Å². The van der Waals surface area contributed by atoms with Crippen LogP contribution in [0.5, 0.6) is 0 Å². The zero-order valence-corrected chi connectivity index (χ0v) is 12.4. The fourth-order valence-electron chi connectivity index (χ4n) is 2.34. The summed E-state index contributed by atoms with van der Waals surface area (Å²) in [4.78, 5) is 13.5. The van der Waals surface area contributed by atoms with E-state index in [4.69, 9.17) is 4.74 Å². The van der Waals surface area contributed by atoms with Crippen molar-refractivity contribution in [2.24, 2.45) is 0 Å². The molecule has 1 amide bonds. The molecule has 0 aromatic heterocycles. The van der Waals surface area contributed by atoms with E-state index < -0.39 is 15.8 Å². The molecule has 1 atom stereocenters. The first kappa shape index (κ1) is 14.5. The highest BCUT2D eigenvalue weighted by Crippen LogP contribution is 2.22. The summed E-state index contributed by atoms with van der Waals surface area (Å²) < 4.78 is 32.7. The average molecular weight is 291 g/mol. The number of ether oxygens (including phenoxy) is 1. The van der Waals surface area contributed by atoms with Gasteiger partial charge in [-0.25, -0.2) is 9.52 Å². The van der Waals surface area contributed by atoms with Gasteiger partial charge in [-0.3, -0.25) is 0 Å². The van der Waals surface area contributed by atoms with E-state index in [2.05, 4.69) is 4.72 Å². The maximum absolute atomic E-state index is 11.9. The second kappa shape index (κ2) is 4.92. The number of likely N-dealkylation sites (tertiary alicyclic amines) is 1. The molecule has 7 nitrogen and oxygen atoms in total. The van der Waals surface area contributed by atoms with Gasteiger partial charge in [-0.2, -0.15) is 12.7 Å². The summed E-state index contributed by atoms with van der Waals surface area (Å²) in [6, 6.07) is -0.146. The number of hydrogen-bond acceptors (Lipinski definition) is 4. The van der Waals surface area contributed by atoms with Crippen LogP contribution >= 0.6 is 0 Å². The first-order valence-electron chi connectivity index (χ1n) is 6.43. The number of hydrogen-bond donors (Lipinski definition) is 1. The van der Waals surface area contributed by atoms with E-state index in [-0.39, 0.29) is 12.1 Å². The fourth-order valence-corrected chi connectivity index (χ4v) is 3.75. The molecule has 1 unspecified atom stereocenters. The summed E-state index contributed by atoms with van der Waals surface area (Å²) in [5, 5.41) is 0. The lowest BCUT2D eigenvalue weighted by molar-refractivity contribution is 0.0287. The fraction of sp³-hybridized carbons (Fsp3) is 0.909. The molecule has 0 bridgehead atoms. The zero-order chi connectivity index (χ0) is 14.3. The lowest BCUT2D eigenvalue weighted by atomic mass is 10.2. The van der Waals surface area contributed by atoms with E-state index in [1.807, 2.05) is 20.8 Å². The second-order valence-electron chi connectivity index (χ2n) is 5.88. The second-order valence-corrected chi connectivity index (χ2v) is 7.59. The summed E-state index contributed by atoms with van der Waals surface area (Å²) in [6.07, 6.45) is 0.278. The number of carbonyl (C=O) groups excluding carboxylic acids is 1. The third-order valence-corrected chi connectivity index (χ3v) is 4.81. The van der Waals surface area contributed by atoms with Gasteiger partial charge in [0.05, 0.1) is 0 Å². The lowest BCUT2D eigenvalue weighted by Crippen LogP contribution is -2.42. The molecule has 0 aromatic rings. The molecule has 8 heteroatoms. The van der Waals surface area contributed by atoms with Crippen molar-refractivity contribution in [3.05, 3.63) is 0 Å². The molecule has 0 radical (unpaired) electrons. The van der Waals surface area contributed by atoms with Crippen molar-refractivity contribution in [1.29, 1.82) is 0 Å². The van der Waals surface area contributed by atoms with Crippen molar-refractivity contribution >= 4 is 16.3 Å².